The Hall–Kier alpha value is -2.10. The van der Waals surface area contributed by atoms with Crippen LogP contribution >= 0.6 is 0 Å². The Bertz CT molecular complexity index is 818. The highest BCUT2D eigenvalue weighted by Crippen LogP contribution is 2.29. The van der Waals surface area contributed by atoms with E-state index in [0.717, 1.165) is 43.8 Å². The fraction of sp³-hybridized carbons (Fsp3) is 0.556. The predicted molar refractivity (Wildman–Crippen MR) is 125 cm³/mol. The number of rotatable bonds is 12. The monoisotopic (exact) mass is 432 g/mol. The third-order valence-electron chi connectivity index (χ3n) is 6.22. The Labute approximate surface area is 186 Å². The molecule has 1 rings (SSSR count). The summed E-state index contributed by atoms with van der Waals surface area (Å²) in [4.78, 5) is 24.8. The highest BCUT2D eigenvalue weighted by molar-refractivity contribution is 6.24. The Morgan fingerprint density at radius 3 is 1.87 bits per heavy atom. The summed E-state index contributed by atoms with van der Waals surface area (Å²) >= 11 is 0. The number of hydrogen-bond donors (Lipinski definition) is 0. The van der Waals surface area contributed by atoms with Crippen LogP contribution in [0.25, 0.3) is 0 Å². The van der Waals surface area contributed by atoms with E-state index in [0.29, 0.717) is 47.5 Å². The van der Waals surface area contributed by atoms with Crippen LogP contribution in [-0.2, 0) is 9.59 Å². The molecule has 0 N–H and O–H groups in total. The topological polar surface area (TPSA) is 34.1 Å². The lowest BCUT2D eigenvalue weighted by atomic mass is 9.82. The van der Waals surface area contributed by atoms with Gasteiger partial charge in [-0.3, -0.25) is 9.59 Å². The van der Waals surface area contributed by atoms with E-state index in [1.54, 1.807) is 20.8 Å². The van der Waals surface area contributed by atoms with E-state index in [2.05, 4.69) is 26.0 Å². The molecule has 172 valence electrons. The first kappa shape index (κ1) is 26.9. The Balaban J connectivity index is 2.38. The Morgan fingerprint density at radius 2 is 1.29 bits per heavy atom. The van der Waals surface area contributed by atoms with Crippen LogP contribution in [0.4, 0.5) is 8.78 Å². The summed E-state index contributed by atoms with van der Waals surface area (Å²) in [5.74, 6) is 0.519. The maximum absolute atomic E-state index is 12.5. The molecule has 31 heavy (non-hydrogen) atoms. The molecule has 0 aromatic heterocycles. The standard InChI is InChI=1S/C27H38F2O2/c1-18(10-7-11-19(2)14-9-15-25(28)29)12-8-13-20(3)16-17-24-23(6)26(30)21(4)22(5)27(24)31/h11-12,15,20H,7-10,13-14,16-17H2,1-6H3/b18-12+,19-11+/t20-/m0/s1. The molecule has 0 unspecified atom stereocenters. The number of Topliss-reactive ketones (excluding diaryl/α,β-unsaturated/α-hetero) is 2. The van der Waals surface area contributed by atoms with Crippen LogP contribution in [0.5, 0.6) is 0 Å². The van der Waals surface area contributed by atoms with Crippen molar-refractivity contribution in [2.75, 3.05) is 0 Å². The zero-order valence-corrected chi connectivity index (χ0v) is 20.0. The number of ketones is 2. The molecule has 0 aromatic rings. The highest BCUT2D eigenvalue weighted by Gasteiger charge is 2.27. The van der Waals surface area contributed by atoms with E-state index >= 15 is 0 Å². The maximum atomic E-state index is 12.5. The summed E-state index contributed by atoms with van der Waals surface area (Å²) in [5, 5.41) is 0. The van der Waals surface area contributed by atoms with Gasteiger partial charge in [-0.25, -0.2) is 0 Å². The minimum Gasteiger partial charge on any atom is -0.289 e. The van der Waals surface area contributed by atoms with Crippen LogP contribution in [0.15, 0.2) is 57.7 Å². The molecule has 0 heterocycles. The predicted octanol–water partition coefficient (Wildman–Crippen LogP) is 8.22. The SMILES string of the molecule is CC1=C(C)C(=O)C(CC[C@@H](C)CC/C=C(\C)CC/C=C(\C)CCC=C(F)F)=C(C)C1=O. The summed E-state index contributed by atoms with van der Waals surface area (Å²) in [7, 11) is 0. The number of carbonyl (C=O) groups excluding carboxylic acids is 2. The molecular weight excluding hydrogens is 394 g/mol. The molecule has 1 aliphatic rings. The second-order valence-corrected chi connectivity index (χ2v) is 8.91. The Kier molecular flexibility index (Phi) is 11.6. The second kappa shape index (κ2) is 13.3. The number of allylic oxidation sites excluding steroid dienone is 9. The average Bonchev–Trinajstić information content (AvgIpc) is 2.70. The highest BCUT2D eigenvalue weighted by atomic mass is 19.3. The third kappa shape index (κ3) is 9.28. The molecule has 0 aromatic carbocycles. The zero-order chi connectivity index (χ0) is 23.6. The van der Waals surface area contributed by atoms with Gasteiger partial charge in [0, 0.05) is 22.3 Å². The van der Waals surface area contributed by atoms with Crippen LogP contribution in [0, 0.1) is 5.92 Å². The van der Waals surface area contributed by atoms with Gasteiger partial charge in [0.1, 0.15) is 0 Å². The lowest BCUT2D eigenvalue weighted by Crippen LogP contribution is -2.21. The number of carbonyl (C=O) groups is 2. The van der Waals surface area contributed by atoms with E-state index in [1.165, 1.54) is 5.57 Å². The number of hydrogen-bond acceptors (Lipinski definition) is 2. The smallest absolute Gasteiger partial charge is 0.266 e. The van der Waals surface area contributed by atoms with E-state index in [4.69, 9.17) is 0 Å². The van der Waals surface area contributed by atoms with Crippen LogP contribution in [-0.4, -0.2) is 11.6 Å². The van der Waals surface area contributed by atoms with E-state index in [-0.39, 0.29) is 11.6 Å². The summed E-state index contributed by atoms with van der Waals surface area (Å²) in [5.41, 5.74) is 4.97. The summed E-state index contributed by atoms with van der Waals surface area (Å²) in [6, 6.07) is 0. The van der Waals surface area contributed by atoms with Gasteiger partial charge >= 0.3 is 0 Å². The average molecular weight is 433 g/mol. The molecule has 2 nitrogen and oxygen atoms in total. The van der Waals surface area contributed by atoms with Gasteiger partial charge in [-0.2, -0.15) is 8.78 Å². The number of halogens is 2. The maximum Gasteiger partial charge on any atom is 0.266 e. The molecule has 0 fully saturated rings. The van der Waals surface area contributed by atoms with Crippen molar-refractivity contribution in [3.05, 3.63) is 57.7 Å². The van der Waals surface area contributed by atoms with E-state index < -0.39 is 6.08 Å². The van der Waals surface area contributed by atoms with Crippen molar-refractivity contribution in [3.8, 4) is 0 Å². The van der Waals surface area contributed by atoms with Crippen molar-refractivity contribution < 1.29 is 18.4 Å². The van der Waals surface area contributed by atoms with E-state index in [9.17, 15) is 18.4 Å². The first-order valence-corrected chi connectivity index (χ1v) is 11.3. The Morgan fingerprint density at radius 1 is 0.774 bits per heavy atom. The lowest BCUT2D eigenvalue weighted by molar-refractivity contribution is -0.116. The molecule has 0 spiro atoms. The van der Waals surface area contributed by atoms with Gasteiger partial charge < -0.3 is 0 Å². The normalized spacial score (nSPS) is 16.9. The van der Waals surface area contributed by atoms with Crippen molar-refractivity contribution in [2.45, 2.75) is 92.9 Å². The molecule has 0 aliphatic heterocycles. The minimum absolute atomic E-state index is 0.00800. The van der Waals surface area contributed by atoms with Gasteiger partial charge in [-0.15, -0.1) is 0 Å². The van der Waals surface area contributed by atoms with Gasteiger partial charge in [-0.1, -0.05) is 30.2 Å². The molecule has 0 saturated heterocycles. The van der Waals surface area contributed by atoms with Gasteiger partial charge in [0.2, 0.25) is 0 Å². The van der Waals surface area contributed by atoms with Crippen LogP contribution < -0.4 is 0 Å². The summed E-state index contributed by atoms with van der Waals surface area (Å²) in [6.07, 6.45) is 10.4. The lowest BCUT2D eigenvalue weighted by Gasteiger charge is -2.20. The molecule has 0 radical (unpaired) electrons. The van der Waals surface area contributed by atoms with Gasteiger partial charge in [-0.05, 0) is 98.0 Å². The van der Waals surface area contributed by atoms with Crippen LogP contribution in [0.1, 0.15) is 92.9 Å². The first-order valence-electron chi connectivity index (χ1n) is 11.3. The van der Waals surface area contributed by atoms with Crippen molar-refractivity contribution in [1.82, 2.24) is 0 Å². The van der Waals surface area contributed by atoms with Crippen molar-refractivity contribution >= 4 is 11.6 Å². The van der Waals surface area contributed by atoms with Crippen molar-refractivity contribution in [3.63, 3.8) is 0 Å². The van der Waals surface area contributed by atoms with Crippen molar-refractivity contribution in [2.24, 2.45) is 5.92 Å². The van der Waals surface area contributed by atoms with Crippen LogP contribution in [0.2, 0.25) is 0 Å². The fourth-order valence-corrected chi connectivity index (χ4v) is 3.77. The van der Waals surface area contributed by atoms with Crippen molar-refractivity contribution in [1.29, 1.82) is 0 Å². The molecule has 1 atom stereocenters. The molecule has 0 amide bonds. The van der Waals surface area contributed by atoms with E-state index in [1.807, 2.05) is 6.92 Å². The third-order valence-corrected chi connectivity index (χ3v) is 6.22. The largest absolute Gasteiger partial charge is 0.289 e. The molecule has 1 aliphatic carbocycles. The van der Waals surface area contributed by atoms with Gasteiger partial charge in [0.15, 0.2) is 11.6 Å². The second-order valence-electron chi connectivity index (χ2n) is 8.91. The quantitative estimate of drug-likeness (QED) is 0.230. The minimum atomic E-state index is -1.60. The van der Waals surface area contributed by atoms with Gasteiger partial charge in [0.05, 0.1) is 0 Å². The van der Waals surface area contributed by atoms with Gasteiger partial charge in [0.25, 0.3) is 6.08 Å². The zero-order valence-electron chi connectivity index (χ0n) is 20.0. The van der Waals surface area contributed by atoms with Crippen LogP contribution in [0.3, 0.4) is 0 Å². The summed E-state index contributed by atoms with van der Waals surface area (Å²) < 4.78 is 24.1. The first-order chi connectivity index (χ1) is 14.5. The molecule has 4 heteroatoms. The summed E-state index contributed by atoms with van der Waals surface area (Å²) in [6.45, 7) is 11.6. The molecule has 0 bridgehead atoms. The molecule has 0 saturated carbocycles. The molecular formula is C27H38F2O2. The fourth-order valence-electron chi connectivity index (χ4n) is 3.77.